The Labute approximate surface area is 138 Å². The fraction of sp³-hybridized carbons (Fsp3) is 0.222. The van der Waals surface area contributed by atoms with Crippen LogP contribution in [0.2, 0.25) is 0 Å². The van der Waals surface area contributed by atoms with Crippen LogP contribution in [0.1, 0.15) is 39.7 Å². The fourth-order valence-corrected chi connectivity index (χ4v) is 3.55. The van der Waals surface area contributed by atoms with Gasteiger partial charge >= 0.3 is 5.97 Å². The van der Waals surface area contributed by atoms with E-state index in [0.717, 1.165) is 16.3 Å². The summed E-state index contributed by atoms with van der Waals surface area (Å²) in [7, 11) is 0. The van der Waals surface area contributed by atoms with Gasteiger partial charge in [0.1, 0.15) is 4.88 Å². The van der Waals surface area contributed by atoms with Crippen molar-refractivity contribution in [3.63, 3.8) is 0 Å². The second-order valence-corrected chi connectivity index (χ2v) is 6.92. The molecule has 1 aromatic carbocycles. The molecule has 0 unspecified atom stereocenters. The number of nitrogens with zero attached hydrogens (tertiary/aromatic N) is 2. The highest BCUT2D eigenvalue weighted by molar-refractivity contribution is 7.17. The molecule has 0 atom stereocenters. The number of carbonyl (C=O) groups is 1. The van der Waals surface area contributed by atoms with Gasteiger partial charge in [0, 0.05) is 5.92 Å². The second kappa shape index (κ2) is 5.66. The lowest BCUT2D eigenvalue weighted by molar-refractivity contribution is 0.0702. The van der Waals surface area contributed by atoms with Crippen LogP contribution in [0.3, 0.4) is 0 Å². The molecule has 0 aliphatic heterocycles. The minimum Gasteiger partial charge on any atom is -0.477 e. The quantitative estimate of drug-likeness (QED) is 0.764. The van der Waals surface area contributed by atoms with Crippen molar-refractivity contribution in [1.82, 2.24) is 9.78 Å². The first-order valence-electron chi connectivity index (χ1n) is 7.66. The van der Waals surface area contributed by atoms with E-state index in [2.05, 4.69) is 18.2 Å². The summed E-state index contributed by atoms with van der Waals surface area (Å²) in [5.74, 6) is -0.303. The number of thiophene rings is 1. The third-order valence-electron chi connectivity index (χ3n) is 4.04. The molecule has 4 rings (SSSR count). The van der Waals surface area contributed by atoms with E-state index in [-0.39, 0.29) is 0 Å². The lowest BCUT2D eigenvalue weighted by Crippen LogP contribution is -2.03. The first-order valence-corrected chi connectivity index (χ1v) is 8.47. The molecule has 23 heavy (non-hydrogen) atoms. The second-order valence-electron chi connectivity index (χ2n) is 5.84. The van der Waals surface area contributed by atoms with E-state index in [4.69, 9.17) is 10.2 Å². The molecule has 1 aliphatic carbocycles. The van der Waals surface area contributed by atoms with Crippen LogP contribution < -0.4 is 0 Å². The maximum Gasteiger partial charge on any atom is 0.345 e. The van der Waals surface area contributed by atoms with E-state index < -0.39 is 5.97 Å². The Kier molecular flexibility index (Phi) is 3.50. The smallest absolute Gasteiger partial charge is 0.345 e. The zero-order valence-electron chi connectivity index (χ0n) is 12.5. The van der Waals surface area contributed by atoms with Crippen molar-refractivity contribution in [3.8, 4) is 10.6 Å². The molecule has 1 fully saturated rings. The normalized spacial score (nSPS) is 14.1. The molecule has 3 aromatic rings. The summed E-state index contributed by atoms with van der Waals surface area (Å²) < 4.78 is 2.00. The van der Waals surface area contributed by atoms with Gasteiger partial charge in [-0.25, -0.2) is 4.79 Å². The van der Waals surface area contributed by atoms with Crippen molar-refractivity contribution in [2.24, 2.45) is 0 Å². The van der Waals surface area contributed by atoms with Crippen molar-refractivity contribution < 1.29 is 9.90 Å². The lowest BCUT2D eigenvalue weighted by atomic mass is 10.2. The van der Waals surface area contributed by atoms with Crippen molar-refractivity contribution in [2.45, 2.75) is 25.3 Å². The zero-order valence-corrected chi connectivity index (χ0v) is 13.3. The van der Waals surface area contributed by atoms with Crippen LogP contribution in [0.15, 0.2) is 48.5 Å². The molecule has 1 saturated carbocycles. The van der Waals surface area contributed by atoms with Crippen molar-refractivity contribution in [2.75, 3.05) is 0 Å². The van der Waals surface area contributed by atoms with Gasteiger partial charge in [0.2, 0.25) is 0 Å². The highest BCUT2D eigenvalue weighted by Gasteiger charge is 2.28. The Morgan fingerprint density at radius 3 is 2.65 bits per heavy atom. The summed E-state index contributed by atoms with van der Waals surface area (Å²) in [6, 6.07) is 15.9. The summed E-state index contributed by atoms with van der Waals surface area (Å²) in [6.07, 6.45) is 2.40. The number of hydrogen-bond donors (Lipinski definition) is 1. The predicted molar refractivity (Wildman–Crippen MR) is 90.0 cm³/mol. The lowest BCUT2D eigenvalue weighted by Gasteiger charge is -2.06. The Morgan fingerprint density at radius 2 is 2.00 bits per heavy atom. The monoisotopic (exact) mass is 324 g/mol. The Morgan fingerprint density at radius 1 is 1.22 bits per heavy atom. The van der Waals surface area contributed by atoms with Gasteiger partial charge < -0.3 is 5.11 Å². The van der Waals surface area contributed by atoms with E-state index in [9.17, 15) is 4.79 Å². The van der Waals surface area contributed by atoms with Crippen molar-refractivity contribution >= 4 is 17.3 Å². The summed E-state index contributed by atoms with van der Waals surface area (Å²) in [4.78, 5) is 12.5. The predicted octanol–water partition coefficient (Wildman–Crippen LogP) is 4.24. The maximum absolute atomic E-state index is 11.1. The third kappa shape index (κ3) is 2.92. The summed E-state index contributed by atoms with van der Waals surface area (Å²) in [6.45, 7) is 0.698. The fourth-order valence-electron chi connectivity index (χ4n) is 2.68. The average molecular weight is 324 g/mol. The molecule has 1 N–H and O–H groups in total. The number of aromatic nitrogens is 2. The van der Waals surface area contributed by atoms with E-state index in [1.165, 1.54) is 29.7 Å². The standard InChI is InChI=1S/C18H16N2O2S/c21-18(22)17-9-8-16(23-17)15-10-14(13-6-7-13)19-20(15)11-12-4-2-1-3-5-12/h1-5,8-10,13H,6-7,11H2,(H,21,22). The van der Waals surface area contributed by atoms with E-state index in [1.807, 2.05) is 28.9 Å². The maximum atomic E-state index is 11.1. The van der Waals surface area contributed by atoms with Crippen LogP contribution in [0, 0.1) is 0 Å². The molecular weight excluding hydrogens is 308 g/mol. The van der Waals surface area contributed by atoms with Gasteiger partial charge in [-0.05, 0) is 36.6 Å². The number of aromatic carboxylic acids is 1. The van der Waals surface area contributed by atoms with Crippen LogP contribution in [0.4, 0.5) is 0 Å². The van der Waals surface area contributed by atoms with Gasteiger partial charge in [0.15, 0.2) is 0 Å². The van der Waals surface area contributed by atoms with Crippen LogP contribution in [0.5, 0.6) is 0 Å². The average Bonchev–Trinajstić information content (AvgIpc) is 3.13. The van der Waals surface area contributed by atoms with E-state index >= 15 is 0 Å². The Hall–Kier alpha value is -2.40. The first-order chi connectivity index (χ1) is 11.2. The number of carboxylic acids is 1. The number of benzene rings is 1. The molecule has 0 radical (unpaired) electrons. The van der Waals surface area contributed by atoms with Crippen LogP contribution in [-0.2, 0) is 6.54 Å². The van der Waals surface area contributed by atoms with Gasteiger partial charge in [-0.15, -0.1) is 11.3 Å². The van der Waals surface area contributed by atoms with Gasteiger partial charge in [-0.3, -0.25) is 4.68 Å². The van der Waals surface area contributed by atoms with Crippen LogP contribution in [0.25, 0.3) is 10.6 Å². The number of carboxylic acid groups (broad SMARTS) is 1. The van der Waals surface area contributed by atoms with Crippen molar-refractivity contribution in [3.05, 3.63) is 64.7 Å². The largest absolute Gasteiger partial charge is 0.477 e. The molecule has 0 saturated heterocycles. The number of rotatable bonds is 5. The highest BCUT2D eigenvalue weighted by Crippen LogP contribution is 2.41. The topological polar surface area (TPSA) is 55.1 Å². The van der Waals surface area contributed by atoms with E-state index in [0.29, 0.717) is 17.3 Å². The molecule has 0 amide bonds. The van der Waals surface area contributed by atoms with Crippen LogP contribution in [-0.4, -0.2) is 20.9 Å². The summed E-state index contributed by atoms with van der Waals surface area (Å²) in [5.41, 5.74) is 3.32. The molecule has 0 spiro atoms. The molecular formula is C18H16N2O2S. The first kappa shape index (κ1) is 14.2. The Balaban J connectivity index is 1.73. The summed E-state index contributed by atoms with van der Waals surface area (Å²) in [5, 5.41) is 13.9. The zero-order chi connectivity index (χ0) is 15.8. The minimum atomic E-state index is -0.877. The molecule has 2 aromatic heterocycles. The van der Waals surface area contributed by atoms with Gasteiger partial charge in [-0.1, -0.05) is 30.3 Å². The third-order valence-corrected chi connectivity index (χ3v) is 5.13. The van der Waals surface area contributed by atoms with E-state index in [1.54, 1.807) is 6.07 Å². The number of hydrogen-bond acceptors (Lipinski definition) is 3. The molecule has 5 heteroatoms. The summed E-state index contributed by atoms with van der Waals surface area (Å²) >= 11 is 1.30. The highest BCUT2D eigenvalue weighted by atomic mass is 32.1. The van der Waals surface area contributed by atoms with Gasteiger partial charge in [0.25, 0.3) is 0 Å². The molecule has 4 nitrogen and oxygen atoms in total. The Bertz CT molecular complexity index is 847. The SMILES string of the molecule is O=C(O)c1ccc(-c2cc(C3CC3)nn2Cc2ccccc2)s1. The minimum absolute atomic E-state index is 0.362. The molecule has 2 heterocycles. The van der Waals surface area contributed by atoms with Crippen LogP contribution >= 0.6 is 11.3 Å². The molecule has 116 valence electrons. The van der Waals surface area contributed by atoms with Gasteiger partial charge in [0.05, 0.1) is 22.8 Å². The van der Waals surface area contributed by atoms with Crippen molar-refractivity contribution in [1.29, 1.82) is 0 Å². The molecule has 1 aliphatic rings. The van der Waals surface area contributed by atoms with Gasteiger partial charge in [-0.2, -0.15) is 5.10 Å². The molecule has 0 bridgehead atoms.